The minimum atomic E-state index is -1.40. The predicted octanol–water partition coefficient (Wildman–Crippen LogP) is 22.5. The fourth-order valence-corrected chi connectivity index (χ4v) is 18.5. The van der Waals surface area contributed by atoms with E-state index < -0.39 is 6.37 Å². The number of aryl methyl sites for hydroxylation is 8. The fourth-order valence-electron chi connectivity index (χ4n) is 18.5. The van der Waals surface area contributed by atoms with Crippen molar-refractivity contribution in [2.75, 3.05) is 0 Å². The summed E-state index contributed by atoms with van der Waals surface area (Å²) in [6.45, 7) is 40.9. The second-order valence-electron chi connectivity index (χ2n) is 32.0. The zero-order valence-electron chi connectivity index (χ0n) is 66.9. The maximum Gasteiger partial charge on any atom is 0.212 e. The normalized spacial score (nSPS) is 14.8. The van der Waals surface area contributed by atoms with Crippen LogP contribution in [0.4, 0.5) is 0 Å². The zero-order valence-corrected chi connectivity index (χ0v) is 64.9. The number of nitrogens with zero attached hydrogens (tertiary/aromatic N) is 4. The van der Waals surface area contributed by atoms with Gasteiger partial charge in [-0.25, -0.2) is 18.3 Å². The van der Waals surface area contributed by atoms with Crippen LogP contribution < -0.4 is 18.3 Å². The lowest BCUT2D eigenvalue weighted by atomic mass is 9.76. The highest BCUT2D eigenvalue weighted by Gasteiger charge is 2.45. The Bertz CT molecular complexity index is 5390. The average molecular weight is 1340 g/mol. The van der Waals surface area contributed by atoms with Crippen molar-refractivity contribution >= 4 is 0 Å². The largest absolute Gasteiger partial charge is 0.212 e. The molecule has 0 saturated heterocycles. The van der Waals surface area contributed by atoms with Crippen molar-refractivity contribution in [2.45, 2.75) is 171 Å². The Hall–Kier alpha value is -9.64. The topological polar surface area (TPSA) is 15.5 Å². The van der Waals surface area contributed by atoms with Gasteiger partial charge in [-0.2, -0.15) is 0 Å². The smallest absolute Gasteiger partial charge is 0.201 e. The van der Waals surface area contributed by atoms with Gasteiger partial charge >= 0.3 is 0 Å². The molecule has 0 N–H and O–H groups in total. The molecule has 0 radical (unpaired) electrons. The lowest BCUT2D eigenvalue weighted by Gasteiger charge is -2.26. The van der Waals surface area contributed by atoms with Crippen molar-refractivity contribution in [3.05, 3.63) is 308 Å². The van der Waals surface area contributed by atoms with E-state index >= 15 is 0 Å². The van der Waals surface area contributed by atoms with Crippen molar-refractivity contribution in [3.63, 3.8) is 0 Å². The van der Waals surface area contributed by atoms with Crippen LogP contribution in [0.25, 0.3) is 89.5 Å². The van der Waals surface area contributed by atoms with Gasteiger partial charge in [-0.05, 0) is 210 Å². The van der Waals surface area contributed by atoms with Gasteiger partial charge in [0.05, 0.1) is 22.3 Å². The number of pyridine rings is 4. The summed E-state index contributed by atoms with van der Waals surface area (Å²) in [4.78, 5) is 0. The van der Waals surface area contributed by atoms with Crippen molar-refractivity contribution in [1.29, 1.82) is 0 Å². The lowest BCUT2D eigenvalue weighted by Crippen LogP contribution is -2.31. The van der Waals surface area contributed by atoms with Crippen LogP contribution in [0.2, 0.25) is 0 Å². The second kappa shape index (κ2) is 27.0. The highest BCUT2D eigenvalue weighted by molar-refractivity contribution is 5.94. The van der Waals surface area contributed by atoms with E-state index in [-0.39, 0.29) is 21.7 Å². The Labute approximate surface area is 614 Å². The first-order chi connectivity index (χ1) is 49.3. The van der Waals surface area contributed by atoms with Gasteiger partial charge in [0.1, 0.15) is 28.2 Å². The third-order valence-electron chi connectivity index (χ3n) is 23.5. The number of hydrogen-bond donors (Lipinski definition) is 0. The number of aromatic nitrogens is 4. The molecular weight excluding hydrogens is 1230 g/mol. The monoisotopic (exact) mass is 1340 g/mol. The lowest BCUT2D eigenvalue weighted by molar-refractivity contribution is -0.660. The molecule has 4 heterocycles. The molecule has 4 aromatic heterocycles. The van der Waals surface area contributed by atoms with Crippen molar-refractivity contribution in [2.24, 2.45) is 28.2 Å². The van der Waals surface area contributed by atoms with Gasteiger partial charge in [-0.15, -0.1) is 0 Å². The van der Waals surface area contributed by atoms with Crippen LogP contribution in [0.15, 0.2) is 219 Å². The van der Waals surface area contributed by atoms with E-state index in [1.54, 1.807) is 6.92 Å². The number of rotatable bonds is 8. The standard InChI is InChI=1S/2C25H28N.2C24H26N/c1-16(2)19-15-20-18-11-7-8-12-21(18)25(4,5)24(20)23(17(19)3)22-13-9-10-14-26(22)6;1-16(2)19-15-17(3)22(21-13-9-10-14-26(21)6)24-23(19)18-11-7-8-12-20(18)25(24,4)5;1-6-17-15-19-18-11-7-8-12-20(18)24(3,4)23(19)22(16(17)2)21-13-9-10-14-25(21)5;1-6-17-15-16(2)21(20-13-9-10-14-25(20)5)23-22(17)18-11-7-8-12-19(18)24(23,3)4/h2*7-16H,1-6H3;2*7-15H,6H2,1-5H3/q4*+1/i;;6D2;. The molecule has 0 spiro atoms. The van der Waals surface area contributed by atoms with Gasteiger partial charge in [0.25, 0.3) is 0 Å². The number of benzene rings is 8. The Morgan fingerprint density at radius 3 is 1.03 bits per heavy atom. The van der Waals surface area contributed by atoms with Gasteiger partial charge in [-0.1, -0.05) is 218 Å². The van der Waals surface area contributed by atoms with Gasteiger partial charge in [-0.3, -0.25) is 0 Å². The Morgan fingerprint density at radius 2 is 0.637 bits per heavy atom. The summed E-state index contributed by atoms with van der Waals surface area (Å²) >= 11 is 0. The maximum absolute atomic E-state index is 8.43. The van der Waals surface area contributed by atoms with Crippen molar-refractivity contribution in [3.8, 4) is 89.5 Å². The molecule has 0 aliphatic heterocycles. The molecule has 4 heteroatoms. The molecule has 12 aromatic rings. The third kappa shape index (κ3) is 11.5. The minimum Gasteiger partial charge on any atom is -0.201 e. The fraction of sp³-hybridized carbons (Fsp3) is 0.306. The van der Waals surface area contributed by atoms with E-state index in [1.807, 2.05) is 6.07 Å². The average Bonchev–Trinajstić information content (AvgIpc) is 1.58. The van der Waals surface area contributed by atoms with Gasteiger partial charge in [0, 0.05) is 72.9 Å². The van der Waals surface area contributed by atoms with Crippen LogP contribution in [0, 0.1) is 27.7 Å². The molecule has 516 valence electrons. The summed E-state index contributed by atoms with van der Waals surface area (Å²) in [6, 6.07) is 70.5. The summed E-state index contributed by atoms with van der Waals surface area (Å²) in [5, 5.41) is 0. The molecule has 4 nitrogen and oxygen atoms in total. The van der Waals surface area contributed by atoms with Crippen LogP contribution in [0.3, 0.4) is 0 Å². The Balaban J connectivity index is 0.000000123. The summed E-state index contributed by atoms with van der Waals surface area (Å²) in [5.41, 5.74) is 43.0. The highest BCUT2D eigenvalue weighted by Crippen LogP contribution is 2.59. The van der Waals surface area contributed by atoms with E-state index in [0.29, 0.717) is 11.8 Å². The van der Waals surface area contributed by atoms with Crippen LogP contribution in [-0.4, -0.2) is 0 Å². The van der Waals surface area contributed by atoms with E-state index in [0.717, 1.165) is 28.8 Å². The zero-order chi connectivity index (χ0) is 74.6. The number of hydrogen-bond acceptors (Lipinski definition) is 0. The molecule has 4 aliphatic rings. The first kappa shape index (κ1) is 68.1. The molecule has 0 saturated carbocycles. The summed E-state index contributed by atoms with van der Waals surface area (Å²) in [5.74, 6) is 1.01. The first-order valence-corrected chi connectivity index (χ1v) is 37.2. The summed E-state index contributed by atoms with van der Waals surface area (Å²) in [6.07, 6.45) is 8.16. The second-order valence-corrected chi connectivity index (χ2v) is 32.0. The molecule has 0 atom stereocenters. The quantitative estimate of drug-likeness (QED) is 0.135. The molecule has 0 unspecified atom stereocenters. The van der Waals surface area contributed by atoms with E-state index in [2.05, 4.69) is 377 Å². The van der Waals surface area contributed by atoms with Gasteiger partial charge < -0.3 is 0 Å². The first-order valence-electron chi connectivity index (χ1n) is 38.2. The molecule has 0 bridgehead atoms. The highest BCUT2D eigenvalue weighted by atomic mass is 14.9. The molecule has 16 rings (SSSR count). The molecule has 8 aromatic carbocycles. The van der Waals surface area contributed by atoms with Gasteiger partial charge in [0.2, 0.25) is 22.8 Å². The van der Waals surface area contributed by atoms with Crippen LogP contribution in [0.5, 0.6) is 0 Å². The summed E-state index contributed by atoms with van der Waals surface area (Å²) < 4.78 is 25.7. The molecule has 4 aliphatic carbocycles. The summed E-state index contributed by atoms with van der Waals surface area (Å²) in [7, 11) is 8.50. The van der Waals surface area contributed by atoms with E-state index in [9.17, 15) is 0 Å². The maximum atomic E-state index is 8.43. The number of fused-ring (bicyclic) bond motifs is 12. The van der Waals surface area contributed by atoms with Crippen molar-refractivity contribution in [1.82, 2.24) is 0 Å². The molecule has 0 fully saturated rings. The van der Waals surface area contributed by atoms with E-state index in [4.69, 9.17) is 2.74 Å². The Kier molecular flexibility index (Phi) is 18.0. The van der Waals surface area contributed by atoms with Gasteiger partial charge in [0.15, 0.2) is 24.8 Å². The predicted molar refractivity (Wildman–Crippen MR) is 428 cm³/mol. The molecular formula is C98H108N4+4. The van der Waals surface area contributed by atoms with Crippen molar-refractivity contribution < 1.29 is 21.0 Å². The minimum absolute atomic E-state index is 0.000237. The Morgan fingerprint density at radius 1 is 0.314 bits per heavy atom. The van der Waals surface area contributed by atoms with Crippen LogP contribution >= 0.6 is 0 Å². The van der Waals surface area contributed by atoms with Crippen LogP contribution in [0.1, 0.15) is 201 Å². The van der Waals surface area contributed by atoms with E-state index in [1.165, 1.54) is 156 Å². The molecule has 102 heavy (non-hydrogen) atoms. The SMILES string of the molecule is CCc1cc(C)c(-c2cccc[n+]2C)c2c1-c1ccccc1C2(C)C.Cc1c(C(C)C)cc2c(c1-c1cccc[n+]1C)C(C)(C)c1ccccc1-2.Cc1cc(C(C)C)c2c(c1-c1cccc[n+]1C)C(C)(C)c1ccccc1-2.[2H]C([2H])(C)c1cc2c(c(-c3cccc[n+]3C)c1C)C(C)(C)c1ccccc1-2. The van der Waals surface area contributed by atoms with Crippen LogP contribution in [-0.2, 0) is 62.6 Å². The molecule has 0 amide bonds. The third-order valence-corrected chi connectivity index (χ3v) is 23.5.